The van der Waals surface area contributed by atoms with E-state index in [0.717, 1.165) is 10.2 Å². The van der Waals surface area contributed by atoms with Crippen molar-refractivity contribution >= 4 is 27.6 Å². The zero-order valence-corrected chi connectivity index (χ0v) is 12.6. The second-order valence-corrected chi connectivity index (χ2v) is 6.10. The van der Waals surface area contributed by atoms with Gasteiger partial charge in [0.25, 0.3) is 0 Å². The largest absolute Gasteiger partial charge is 0.480 e. The highest BCUT2D eigenvalue weighted by molar-refractivity contribution is 9.10. The molecule has 1 aromatic carbocycles. The van der Waals surface area contributed by atoms with Gasteiger partial charge in [-0.15, -0.1) is 0 Å². The van der Waals surface area contributed by atoms with Gasteiger partial charge in [0.05, 0.1) is 12.2 Å². The van der Waals surface area contributed by atoms with E-state index in [-0.39, 0.29) is 12.2 Å². The van der Waals surface area contributed by atoms with E-state index < -0.39 is 11.5 Å². The minimum Gasteiger partial charge on any atom is -0.480 e. The van der Waals surface area contributed by atoms with Crippen LogP contribution in [0.5, 0.6) is 0 Å². The first kappa shape index (κ1) is 14.3. The maximum Gasteiger partial charge on any atom is 0.329 e. The standard InChI is InChI=1S/C14H18BrNO3/c1-9-7-14(13(17)18,8-10(2)19-9)16-12-5-3-4-11(15)6-12/h3-6,9-10,16H,7-8H2,1-2H3,(H,17,18). The van der Waals surface area contributed by atoms with Crippen LogP contribution in [0.1, 0.15) is 26.7 Å². The molecule has 104 valence electrons. The maximum atomic E-state index is 11.7. The number of benzene rings is 1. The normalized spacial score (nSPS) is 30.9. The van der Waals surface area contributed by atoms with Gasteiger partial charge in [-0.25, -0.2) is 4.79 Å². The van der Waals surface area contributed by atoms with Gasteiger partial charge in [-0.2, -0.15) is 0 Å². The second kappa shape index (κ2) is 5.51. The molecule has 0 amide bonds. The van der Waals surface area contributed by atoms with Crippen molar-refractivity contribution in [2.75, 3.05) is 5.32 Å². The van der Waals surface area contributed by atoms with Crippen LogP contribution in [0.2, 0.25) is 0 Å². The molecule has 0 aromatic heterocycles. The molecular weight excluding hydrogens is 310 g/mol. The number of carboxylic acids is 1. The fourth-order valence-electron chi connectivity index (χ4n) is 2.73. The Balaban J connectivity index is 2.27. The van der Waals surface area contributed by atoms with E-state index in [1.807, 2.05) is 38.1 Å². The number of carbonyl (C=O) groups is 1. The molecule has 2 unspecified atom stereocenters. The third kappa shape index (κ3) is 3.28. The number of aliphatic carboxylic acids is 1. The van der Waals surface area contributed by atoms with Crippen molar-refractivity contribution in [3.8, 4) is 0 Å². The molecule has 1 heterocycles. The van der Waals surface area contributed by atoms with Crippen LogP contribution in [-0.4, -0.2) is 28.8 Å². The third-order valence-corrected chi connectivity index (χ3v) is 3.85. The molecule has 0 radical (unpaired) electrons. The van der Waals surface area contributed by atoms with Gasteiger partial charge in [0.1, 0.15) is 5.54 Å². The molecule has 1 aromatic rings. The fraction of sp³-hybridized carbons (Fsp3) is 0.500. The number of ether oxygens (including phenoxy) is 1. The first-order valence-corrected chi connectivity index (χ1v) is 7.13. The highest BCUT2D eigenvalue weighted by Gasteiger charge is 2.45. The Bertz CT molecular complexity index is 468. The Labute approximate surface area is 121 Å². The van der Waals surface area contributed by atoms with Crippen LogP contribution in [0.15, 0.2) is 28.7 Å². The average molecular weight is 328 g/mol. The molecule has 2 rings (SSSR count). The highest BCUT2D eigenvalue weighted by Crippen LogP contribution is 2.33. The van der Waals surface area contributed by atoms with Crippen molar-refractivity contribution in [2.24, 2.45) is 0 Å². The van der Waals surface area contributed by atoms with Crippen LogP contribution in [0.25, 0.3) is 0 Å². The average Bonchev–Trinajstić information content (AvgIpc) is 2.27. The van der Waals surface area contributed by atoms with Crippen molar-refractivity contribution in [3.05, 3.63) is 28.7 Å². The summed E-state index contributed by atoms with van der Waals surface area (Å²) >= 11 is 3.39. The fourth-order valence-corrected chi connectivity index (χ4v) is 3.13. The zero-order chi connectivity index (χ0) is 14.0. The molecule has 19 heavy (non-hydrogen) atoms. The summed E-state index contributed by atoms with van der Waals surface area (Å²) < 4.78 is 6.56. The van der Waals surface area contributed by atoms with Crippen molar-refractivity contribution in [2.45, 2.75) is 44.4 Å². The van der Waals surface area contributed by atoms with Gasteiger partial charge in [-0.05, 0) is 32.0 Å². The molecule has 1 fully saturated rings. The number of anilines is 1. The van der Waals surface area contributed by atoms with Crippen LogP contribution >= 0.6 is 15.9 Å². The van der Waals surface area contributed by atoms with Gasteiger partial charge in [0.2, 0.25) is 0 Å². The molecule has 0 saturated carbocycles. The first-order valence-electron chi connectivity index (χ1n) is 6.34. The lowest BCUT2D eigenvalue weighted by Crippen LogP contribution is -2.54. The molecule has 5 heteroatoms. The zero-order valence-electron chi connectivity index (χ0n) is 11.0. The summed E-state index contributed by atoms with van der Waals surface area (Å²) in [4.78, 5) is 11.7. The third-order valence-electron chi connectivity index (χ3n) is 3.35. The van der Waals surface area contributed by atoms with E-state index in [1.165, 1.54) is 0 Å². The molecule has 4 nitrogen and oxygen atoms in total. The van der Waals surface area contributed by atoms with Crippen molar-refractivity contribution in [3.63, 3.8) is 0 Å². The van der Waals surface area contributed by atoms with E-state index in [9.17, 15) is 9.90 Å². The number of hydrogen-bond donors (Lipinski definition) is 2. The van der Waals surface area contributed by atoms with Gasteiger partial charge in [-0.1, -0.05) is 22.0 Å². The molecule has 1 aliphatic rings. The summed E-state index contributed by atoms with van der Waals surface area (Å²) in [5.74, 6) is -0.825. The van der Waals surface area contributed by atoms with Crippen molar-refractivity contribution < 1.29 is 14.6 Å². The van der Waals surface area contributed by atoms with Crippen LogP contribution in [0.4, 0.5) is 5.69 Å². The maximum absolute atomic E-state index is 11.7. The summed E-state index contributed by atoms with van der Waals surface area (Å²) in [5, 5.41) is 12.8. The molecule has 1 aliphatic heterocycles. The Morgan fingerprint density at radius 1 is 1.42 bits per heavy atom. The van der Waals surface area contributed by atoms with E-state index >= 15 is 0 Å². The minimum absolute atomic E-state index is 0.0699. The van der Waals surface area contributed by atoms with E-state index in [2.05, 4.69) is 21.2 Å². The second-order valence-electron chi connectivity index (χ2n) is 5.19. The molecule has 2 atom stereocenters. The Kier molecular flexibility index (Phi) is 4.16. The number of halogens is 1. The van der Waals surface area contributed by atoms with Gasteiger partial charge in [0.15, 0.2) is 0 Å². The SMILES string of the molecule is CC1CC(Nc2cccc(Br)c2)(C(=O)O)CC(C)O1. The number of nitrogens with one attached hydrogen (secondary N) is 1. The first-order chi connectivity index (χ1) is 8.91. The van der Waals surface area contributed by atoms with E-state index in [1.54, 1.807) is 0 Å². The molecule has 1 saturated heterocycles. The molecule has 0 bridgehead atoms. The Morgan fingerprint density at radius 3 is 2.58 bits per heavy atom. The minimum atomic E-state index is -0.960. The lowest BCUT2D eigenvalue weighted by molar-refractivity contribution is -0.151. The Hall–Kier alpha value is -1.07. The lowest BCUT2D eigenvalue weighted by atomic mass is 9.84. The van der Waals surface area contributed by atoms with Gasteiger partial charge in [-0.3, -0.25) is 0 Å². The summed E-state index contributed by atoms with van der Waals surface area (Å²) in [6.07, 6.45) is 0.775. The van der Waals surface area contributed by atoms with E-state index in [4.69, 9.17) is 4.74 Å². The molecule has 2 N–H and O–H groups in total. The highest BCUT2D eigenvalue weighted by atomic mass is 79.9. The van der Waals surface area contributed by atoms with Crippen molar-refractivity contribution in [1.82, 2.24) is 0 Å². The molecule has 0 spiro atoms. The molecule has 0 aliphatic carbocycles. The topological polar surface area (TPSA) is 58.6 Å². The summed E-state index contributed by atoms with van der Waals surface area (Å²) in [6, 6.07) is 7.55. The van der Waals surface area contributed by atoms with Crippen LogP contribution in [0.3, 0.4) is 0 Å². The molecular formula is C14H18BrNO3. The summed E-state index contributed by atoms with van der Waals surface area (Å²) in [5.41, 5.74) is -0.157. The van der Waals surface area contributed by atoms with Crippen LogP contribution < -0.4 is 5.32 Å². The predicted octanol–water partition coefficient (Wildman–Crippen LogP) is 3.27. The number of rotatable bonds is 3. The lowest BCUT2D eigenvalue weighted by Gasteiger charge is -2.40. The number of hydrogen-bond acceptors (Lipinski definition) is 3. The van der Waals surface area contributed by atoms with Crippen LogP contribution in [-0.2, 0) is 9.53 Å². The van der Waals surface area contributed by atoms with Crippen molar-refractivity contribution in [1.29, 1.82) is 0 Å². The van der Waals surface area contributed by atoms with Crippen LogP contribution in [0, 0.1) is 0 Å². The van der Waals surface area contributed by atoms with Gasteiger partial charge < -0.3 is 15.2 Å². The smallest absolute Gasteiger partial charge is 0.329 e. The quantitative estimate of drug-likeness (QED) is 0.894. The predicted molar refractivity (Wildman–Crippen MR) is 77.4 cm³/mol. The Morgan fingerprint density at radius 2 is 2.05 bits per heavy atom. The van der Waals surface area contributed by atoms with Gasteiger partial charge >= 0.3 is 5.97 Å². The number of carboxylic acid groups (broad SMARTS) is 1. The summed E-state index contributed by atoms with van der Waals surface area (Å²) in [7, 11) is 0. The monoisotopic (exact) mass is 327 g/mol. The van der Waals surface area contributed by atoms with Gasteiger partial charge in [0, 0.05) is 23.0 Å². The summed E-state index contributed by atoms with van der Waals surface area (Å²) in [6.45, 7) is 3.83. The van der Waals surface area contributed by atoms with E-state index in [0.29, 0.717) is 12.8 Å².